The summed E-state index contributed by atoms with van der Waals surface area (Å²) >= 11 is 4.72. The molecule has 6 nitrogen and oxygen atoms in total. The first-order chi connectivity index (χ1) is 10.9. The summed E-state index contributed by atoms with van der Waals surface area (Å²) in [6.07, 6.45) is 0.507. The Morgan fingerprint density at radius 1 is 1.39 bits per heavy atom. The van der Waals surface area contributed by atoms with Gasteiger partial charge in [0.05, 0.1) is 5.92 Å². The molecule has 0 saturated carbocycles. The van der Waals surface area contributed by atoms with Crippen molar-refractivity contribution in [3.8, 4) is 0 Å². The number of carboxylic acid groups (broad SMARTS) is 1. The molecule has 1 aromatic rings. The van der Waals surface area contributed by atoms with Crippen molar-refractivity contribution in [3.63, 3.8) is 0 Å². The van der Waals surface area contributed by atoms with Crippen molar-refractivity contribution in [2.45, 2.75) is 30.1 Å². The van der Waals surface area contributed by atoms with Gasteiger partial charge >= 0.3 is 5.97 Å². The maximum absolute atomic E-state index is 12.6. The lowest BCUT2D eigenvalue weighted by Crippen LogP contribution is -2.41. The monoisotopic (exact) mass is 398 g/mol. The summed E-state index contributed by atoms with van der Waals surface area (Å²) in [6, 6.07) is 5.24. The number of rotatable bonds is 3. The number of amides is 2. The molecule has 122 valence electrons. The van der Waals surface area contributed by atoms with E-state index in [1.807, 2.05) is 12.1 Å². The highest BCUT2D eigenvalue weighted by Crippen LogP contribution is 2.35. The predicted octanol–water partition coefficient (Wildman–Crippen LogP) is 1.95. The maximum Gasteiger partial charge on any atom is 0.316 e. The fourth-order valence-corrected chi connectivity index (χ4v) is 4.44. The van der Waals surface area contributed by atoms with Gasteiger partial charge in [-0.2, -0.15) is 0 Å². The highest BCUT2D eigenvalue weighted by atomic mass is 79.9. The van der Waals surface area contributed by atoms with Gasteiger partial charge in [0.2, 0.25) is 11.8 Å². The summed E-state index contributed by atoms with van der Waals surface area (Å²) in [6.45, 7) is 0. The largest absolute Gasteiger partial charge is 0.480 e. The van der Waals surface area contributed by atoms with Crippen molar-refractivity contribution in [1.82, 2.24) is 5.32 Å². The molecule has 1 saturated heterocycles. The normalized spacial score (nSPS) is 26.3. The minimum Gasteiger partial charge on any atom is -0.480 e. The Bertz CT molecular complexity index is 681. The summed E-state index contributed by atoms with van der Waals surface area (Å²) in [7, 11) is 0. The lowest BCUT2D eigenvalue weighted by molar-refractivity contribution is -0.136. The lowest BCUT2D eigenvalue weighted by Gasteiger charge is -2.26. The number of hydrogen-bond donors (Lipinski definition) is 3. The third-order valence-electron chi connectivity index (χ3n) is 3.99. The fourth-order valence-electron chi connectivity index (χ4n) is 2.87. The first kappa shape index (κ1) is 16.3. The number of fused-ring (bicyclic) bond motifs is 1. The summed E-state index contributed by atoms with van der Waals surface area (Å²) in [4.78, 5) is 35.4. The molecule has 2 amide bonds. The molecular formula is C15H15BrN2O4S. The van der Waals surface area contributed by atoms with Crippen LogP contribution in [0.4, 0.5) is 5.69 Å². The van der Waals surface area contributed by atoms with Gasteiger partial charge in [-0.3, -0.25) is 14.4 Å². The summed E-state index contributed by atoms with van der Waals surface area (Å²) in [5, 5.41) is 14.2. The molecule has 0 aliphatic carbocycles. The Morgan fingerprint density at radius 2 is 2.17 bits per heavy atom. The van der Waals surface area contributed by atoms with Gasteiger partial charge < -0.3 is 15.7 Å². The average Bonchev–Trinajstić information content (AvgIpc) is 2.95. The number of thioether (sulfide) groups is 1. The Morgan fingerprint density at radius 3 is 2.87 bits per heavy atom. The van der Waals surface area contributed by atoms with E-state index in [0.29, 0.717) is 17.9 Å². The van der Waals surface area contributed by atoms with Crippen LogP contribution in [-0.4, -0.2) is 39.9 Å². The third kappa shape index (κ3) is 3.53. The van der Waals surface area contributed by atoms with Crippen LogP contribution < -0.4 is 10.6 Å². The standard InChI is InChI=1S/C15H15BrN2O4S/c16-7-1-2-11-9(3-7)10(5-13(19)18-11)14(20)17-8-4-12(15(21)22)23-6-8/h1-3,8,10,12H,4-6H2,(H,17,20)(H,18,19)(H,21,22)/t8-,10?,12-/m0/s1. The SMILES string of the molecule is O=C1CC(C(=O)N[C@@H]2CS[C@H](C(=O)O)C2)c2cc(Br)ccc2N1. The summed E-state index contributed by atoms with van der Waals surface area (Å²) in [5.41, 5.74) is 1.42. The molecule has 2 aliphatic rings. The molecule has 2 heterocycles. The van der Waals surface area contributed by atoms with E-state index in [9.17, 15) is 14.4 Å². The molecule has 8 heteroatoms. The van der Waals surface area contributed by atoms with E-state index < -0.39 is 17.1 Å². The number of anilines is 1. The van der Waals surface area contributed by atoms with Gasteiger partial charge in [-0.05, 0) is 30.2 Å². The van der Waals surface area contributed by atoms with Crippen molar-refractivity contribution in [1.29, 1.82) is 0 Å². The Kier molecular flexibility index (Phi) is 4.63. The zero-order valence-corrected chi connectivity index (χ0v) is 14.4. The predicted molar refractivity (Wildman–Crippen MR) is 90.6 cm³/mol. The summed E-state index contributed by atoms with van der Waals surface area (Å²) in [5.74, 6) is -1.24. The van der Waals surface area contributed by atoms with Crippen LogP contribution in [0.1, 0.15) is 24.3 Å². The van der Waals surface area contributed by atoms with Crippen LogP contribution in [0.2, 0.25) is 0 Å². The van der Waals surface area contributed by atoms with Crippen LogP contribution in [0.25, 0.3) is 0 Å². The molecule has 0 aromatic heterocycles. The number of halogens is 1. The molecule has 1 aromatic carbocycles. The molecule has 3 N–H and O–H groups in total. The Hall–Kier alpha value is -1.54. The molecule has 2 aliphatic heterocycles. The second kappa shape index (κ2) is 6.52. The highest BCUT2D eigenvalue weighted by Gasteiger charge is 2.35. The average molecular weight is 399 g/mol. The molecule has 0 spiro atoms. The first-order valence-corrected chi connectivity index (χ1v) is 9.02. The first-order valence-electron chi connectivity index (χ1n) is 7.18. The number of aliphatic carboxylic acids is 1. The van der Waals surface area contributed by atoms with Crippen LogP contribution in [0.3, 0.4) is 0 Å². The molecule has 3 rings (SSSR count). The van der Waals surface area contributed by atoms with Crippen LogP contribution in [0.5, 0.6) is 0 Å². The van der Waals surface area contributed by atoms with Gasteiger partial charge in [0.1, 0.15) is 5.25 Å². The van der Waals surface area contributed by atoms with E-state index in [2.05, 4.69) is 26.6 Å². The molecule has 0 bridgehead atoms. The van der Waals surface area contributed by atoms with E-state index in [1.165, 1.54) is 11.8 Å². The van der Waals surface area contributed by atoms with Crippen LogP contribution in [0, 0.1) is 0 Å². The molecular weight excluding hydrogens is 384 g/mol. The number of carbonyl (C=O) groups is 3. The maximum atomic E-state index is 12.6. The topological polar surface area (TPSA) is 95.5 Å². The fraction of sp³-hybridized carbons (Fsp3) is 0.400. The van der Waals surface area contributed by atoms with E-state index >= 15 is 0 Å². The van der Waals surface area contributed by atoms with Crippen molar-refractivity contribution < 1.29 is 19.5 Å². The van der Waals surface area contributed by atoms with Gasteiger partial charge in [-0.15, -0.1) is 11.8 Å². The minimum absolute atomic E-state index is 0.0948. The van der Waals surface area contributed by atoms with E-state index in [4.69, 9.17) is 5.11 Å². The third-order valence-corrected chi connectivity index (χ3v) is 5.87. The Labute approximate surface area is 145 Å². The molecule has 23 heavy (non-hydrogen) atoms. The van der Waals surface area contributed by atoms with Crippen molar-refractivity contribution in [2.75, 3.05) is 11.1 Å². The quantitative estimate of drug-likeness (QED) is 0.722. The van der Waals surface area contributed by atoms with Gasteiger partial charge in [0.25, 0.3) is 0 Å². The van der Waals surface area contributed by atoms with Crippen LogP contribution in [-0.2, 0) is 14.4 Å². The van der Waals surface area contributed by atoms with Crippen molar-refractivity contribution >= 4 is 51.2 Å². The van der Waals surface area contributed by atoms with Gasteiger partial charge in [0.15, 0.2) is 0 Å². The van der Waals surface area contributed by atoms with Crippen molar-refractivity contribution in [3.05, 3.63) is 28.2 Å². The number of benzene rings is 1. The summed E-state index contributed by atoms with van der Waals surface area (Å²) < 4.78 is 0.840. The van der Waals surface area contributed by atoms with Gasteiger partial charge in [-0.25, -0.2) is 0 Å². The minimum atomic E-state index is -0.849. The molecule has 1 unspecified atom stereocenters. The second-order valence-corrected chi connectivity index (χ2v) is 7.79. The molecule has 1 fully saturated rings. The van der Waals surface area contributed by atoms with E-state index in [1.54, 1.807) is 6.07 Å². The number of carboxylic acids is 1. The highest BCUT2D eigenvalue weighted by molar-refractivity contribution is 9.10. The number of carbonyl (C=O) groups excluding carboxylic acids is 2. The zero-order valence-electron chi connectivity index (χ0n) is 12.0. The molecule has 0 radical (unpaired) electrons. The van der Waals surface area contributed by atoms with Crippen LogP contribution in [0.15, 0.2) is 22.7 Å². The number of hydrogen-bond acceptors (Lipinski definition) is 4. The van der Waals surface area contributed by atoms with Crippen molar-refractivity contribution in [2.24, 2.45) is 0 Å². The van der Waals surface area contributed by atoms with Gasteiger partial charge in [-0.1, -0.05) is 15.9 Å². The van der Waals surface area contributed by atoms with Gasteiger partial charge in [0, 0.05) is 28.4 Å². The van der Waals surface area contributed by atoms with E-state index in [-0.39, 0.29) is 24.3 Å². The van der Waals surface area contributed by atoms with Crippen LogP contribution >= 0.6 is 27.7 Å². The zero-order chi connectivity index (χ0) is 16.6. The smallest absolute Gasteiger partial charge is 0.316 e. The molecule has 3 atom stereocenters. The Balaban J connectivity index is 1.74. The number of nitrogens with one attached hydrogen (secondary N) is 2. The second-order valence-electron chi connectivity index (χ2n) is 5.64. The van der Waals surface area contributed by atoms with E-state index in [0.717, 1.165) is 10.0 Å². The lowest BCUT2D eigenvalue weighted by atomic mass is 9.89.